The van der Waals surface area contributed by atoms with Crippen molar-refractivity contribution in [3.63, 3.8) is 0 Å². The van der Waals surface area contributed by atoms with Crippen LogP contribution in [0.4, 0.5) is 0 Å². The average Bonchev–Trinajstić information content (AvgIpc) is 2.21. The van der Waals surface area contributed by atoms with Crippen molar-refractivity contribution in [1.29, 1.82) is 0 Å². The Hall–Kier alpha value is -1.62. The molecule has 0 atom stereocenters. The highest BCUT2D eigenvalue weighted by atomic mass is 16.5. The summed E-state index contributed by atoms with van der Waals surface area (Å²) in [6.45, 7) is 2.63. The summed E-state index contributed by atoms with van der Waals surface area (Å²) in [6, 6.07) is 0. The third-order valence-electron chi connectivity index (χ3n) is 1.57. The van der Waals surface area contributed by atoms with Crippen LogP contribution in [0, 0.1) is 0 Å². The van der Waals surface area contributed by atoms with Gasteiger partial charge in [-0.2, -0.15) is 0 Å². The molecule has 0 aromatic carbocycles. The molecule has 0 saturated carbocycles. The third-order valence-corrected chi connectivity index (χ3v) is 1.57. The van der Waals surface area contributed by atoms with Gasteiger partial charge in [0.2, 0.25) is 0 Å². The lowest BCUT2D eigenvalue weighted by Gasteiger charge is -2.01. The Balaban J connectivity index is 4.37. The molecule has 0 rings (SSSR count). The zero-order chi connectivity index (χ0) is 11.8. The average molecular weight is 214 g/mol. The Morgan fingerprint density at radius 3 is 2.20 bits per heavy atom. The molecule has 5 heteroatoms. The molecular weight excluding hydrogens is 200 g/mol. The van der Waals surface area contributed by atoms with Gasteiger partial charge in [-0.25, -0.2) is 9.59 Å². The third kappa shape index (κ3) is 5.64. The summed E-state index contributed by atoms with van der Waals surface area (Å²) in [5, 5.41) is 16.9. The second-order valence-corrected chi connectivity index (χ2v) is 2.86. The van der Waals surface area contributed by atoms with E-state index in [4.69, 9.17) is 10.2 Å². The predicted octanol–water partition coefficient (Wildman–Crippen LogP) is 0.499. The van der Waals surface area contributed by atoms with Gasteiger partial charge >= 0.3 is 11.9 Å². The number of aliphatic hydroxyl groups excluding tert-OH is 1. The number of hydrogen-bond acceptors (Lipinski definition) is 4. The maximum absolute atomic E-state index is 11.1. The molecule has 0 aromatic rings. The van der Waals surface area contributed by atoms with E-state index in [1.807, 2.05) is 0 Å². The zero-order valence-electron chi connectivity index (χ0n) is 8.69. The van der Waals surface area contributed by atoms with Crippen LogP contribution in [-0.2, 0) is 14.3 Å². The first-order chi connectivity index (χ1) is 6.99. The van der Waals surface area contributed by atoms with Crippen LogP contribution >= 0.6 is 0 Å². The number of esters is 1. The molecule has 0 aromatic heterocycles. The van der Waals surface area contributed by atoms with Crippen LogP contribution in [0.1, 0.15) is 13.8 Å². The number of ether oxygens (including phenoxy) is 1. The van der Waals surface area contributed by atoms with Crippen LogP contribution in [0.3, 0.4) is 0 Å². The topological polar surface area (TPSA) is 83.8 Å². The molecule has 2 N–H and O–H groups in total. The summed E-state index contributed by atoms with van der Waals surface area (Å²) >= 11 is 0. The van der Waals surface area contributed by atoms with E-state index in [0.717, 1.165) is 0 Å². The van der Waals surface area contributed by atoms with Crippen molar-refractivity contribution < 1.29 is 24.5 Å². The van der Waals surface area contributed by atoms with Gasteiger partial charge in [-0.15, -0.1) is 0 Å². The number of allylic oxidation sites excluding steroid dienone is 2. The summed E-state index contributed by atoms with van der Waals surface area (Å²) in [5.41, 5.74) is 0.411. The van der Waals surface area contributed by atoms with Crippen LogP contribution in [0.5, 0.6) is 0 Å². The molecule has 0 fully saturated rings. The molecule has 15 heavy (non-hydrogen) atoms. The van der Waals surface area contributed by atoms with Gasteiger partial charge in [0.05, 0.1) is 6.61 Å². The van der Waals surface area contributed by atoms with E-state index in [1.165, 1.54) is 26.0 Å². The Bertz CT molecular complexity index is 301. The molecular formula is C10H14O5. The van der Waals surface area contributed by atoms with Crippen molar-refractivity contribution in [3.8, 4) is 0 Å². The first kappa shape index (κ1) is 13.4. The molecule has 0 radical (unpaired) electrons. The molecule has 0 bridgehead atoms. The van der Waals surface area contributed by atoms with E-state index in [-0.39, 0.29) is 24.4 Å². The molecule has 0 saturated heterocycles. The van der Waals surface area contributed by atoms with Crippen molar-refractivity contribution in [1.82, 2.24) is 0 Å². The van der Waals surface area contributed by atoms with Gasteiger partial charge in [-0.05, 0) is 13.8 Å². The van der Waals surface area contributed by atoms with E-state index >= 15 is 0 Å². The van der Waals surface area contributed by atoms with Crippen molar-refractivity contribution >= 4 is 11.9 Å². The fourth-order valence-electron chi connectivity index (χ4n) is 0.642. The van der Waals surface area contributed by atoms with Gasteiger partial charge < -0.3 is 14.9 Å². The Morgan fingerprint density at radius 1 is 1.20 bits per heavy atom. The van der Waals surface area contributed by atoms with Gasteiger partial charge in [0.1, 0.15) is 6.61 Å². The monoisotopic (exact) mass is 214 g/mol. The van der Waals surface area contributed by atoms with E-state index in [9.17, 15) is 9.59 Å². The standard InChI is InChI=1S/C10H14O5/c1-7(9(12)13)3-4-8(2)10(14)15-6-5-11/h3-4,11H,5-6H2,1-2H3,(H,12,13). The second-order valence-electron chi connectivity index (χ2n) is 2.86. The van der Waals surface area contributed by atoms with E-state index in [2.05, 4.69) is 4.74 Å². The first-order valence-electron chi connectivity index (χ1n) is 4.35. The normalized spacial score (nSPS) is 12.5. The predicted molar refractivity (Wildman–Crippen MR) is 53.2 cm³/mol. The Morgan fingerprint density at radius 2 is 1.73 bits per heavy atom. The van der Waals surface area contributed by atoms with Gasteiger partial charge in [0.15, 0.2) is 0 Å². The molecule has 0 aliphatic rings. The van der Waals surface area contributed by atoms with Crippen LogP contribution in [0.15, 0.2) is 23.3 Å². The number of rotatable bonds is 5. The van der Waals surface area contributed by atoms with Gasteiger partial charge in [0.25, 0.3) is 0 Å². The van der Waals surface area contributed by atoms with Crippen LogP contribution in [-0.4, -0.2) is 35.4 Å². The minimum atomic E-state index is -1.04. The lowest BCUT2D eigenvalue weighted by atomic mass is 10.2. The van der Waals surface area contributed by atoms with Crippen molar-refractivity contribution in [2.45, 2.75) is 13.8 Å². The maximum Gasteiger partial charge on any atom is 0.333 e. The van der Waals surface area contributed by atoms with Crippen LogP contribution < -0.4 is 0 Å². The quantitative estimate of drug-likeness (QED) is 0.395. The SMILES string of the molecule is CC(=CC=C(C)C(=O)OCCO)C(=O)O. The lowest BCUT2D eigenvalue weighted by Crippen LogP contribution is -2.09. The summed E-state index contributed by atoms with van der Waals surface area (Å²) < 4.78 is 4.61. The molecule has 0 aliphatic heterocycles. The molecule has 0 amide bonds. The smallest absolute Gasteiger partial charge is 0.333 e. The summed E-state index contributed by atoms with van der Waals surface area (Å²) in [6.07, 6.45) is 2.68. The minimum absolute atomic E-state index is 0.0638. The first-order valence-corrected chi connectivity index (χ1v) is 4.35. The molecule has 5 nitrogen and oxygen atoms in total. The number of aliphatic carboxylic acids is 1. The van der Waals surface area contributed by atoms with Crippen molar-refractivity contribution in [2.24, 2.45) is 0 Å². The number of carbonyl (C=O) groups is 2. The Labute approximate surface area is 87.7 Å². The zero-order valence-corrected chi connectivity index (χ0v) is 8.69. The highest BCUT2D eigenvalue weighted by molar-refractivity contribution is 5.89. The molecule has 0 spiro atoms. The van der Waals surface area contributed by atoms with Gasteiger partial charge in [0, 0.05) is 11.1 Å². The highest BCUT2D eigenvalue weighted by Crippen LogP contribution is 2.00. The van der Waals surface area contributed by atoms with Crippen molar-refractivity contribution in [3.05, 3.63) is 23.3 Å². The maximum atomic E-state index is 11.1. The molecule has 84 valence electrons. The largest absolute Gasteiger partial charge is 0.478 e. The van der Waals surface area contributed by atoms with E-state index in [0.29, 0.717) is 0 Å². The van der Waals surface area contributed by atoms with Crippen LogP contribution in [0.2, 0.25) is 0 Å². The number of carboxylic acid groups (broad SMARTS) is 1. The number of aliphatic hydroxyl groups is 1. The number of hydrogen-bond donors (Lipinski definition) is 2. The molecule has 0 aliphatic carbocycles. The summed E-state index contributed by atoms with van der Waals surface area (Å²) in [4.78, 5) is 21.5. The second kappa shape index (κ2) is 6.78. The summed E-state index contributed by atoms with van der Waals surface area (Å²) in [7, 11) is 0. The van der Waals surface area contributed by atoms with Crippen LogP contribution in [0.25, 0.3) is 0 Å². The lowest BCUT2D eigenvalue weighted by molar-refractivity contribution is -0.140. The van der Waals surface area contributed by atoms with Crippen molar-refractivity contribution in [2.75, 3.05) is 13.2 Å². The number of carbonyl (C=O) groups excluding carboxylic acids is 1. The molecule has 0 heterocycles. The number of carboxylic acids is 1. The van der Waals surface area contributed by atoms with Gasteiger partial charge in [-0.1, -0.05) is 12.2 Å². The Kier molecular flexibility index (Phi) is 6.05. The minimum Gasteiger partial charge on any atom is -0.478 e. The highest BCUT2D eigenvalue weighted by Gasteiger charge is 2.04. The fourth-order valence-corrected chi connectivity index (χ4v) is 0.642. The molecule has 0 unspecified atom stereocenters. The van der Waals surface area contributed by atoms with Gasteiger partial charge in [-0.3, -0.25) is 0 Å². The fraction of sp³-hybridized carbons (Fsp3) is 0.400. The van der Waals surface area contributed by atoms with E-state index in [1.54, 1.807) is 0 Å². The summed E-state index contributed by atoms with van der Waals surface area (Å²) in [5.74, 6) is -1.61. The van der Waals surface area contributed by atoms with E-state index < -0.39 is 11.9 Å².